The Bertz CT molecular complexity index is 823. The number of fused-ring (bicyclic) bond motifs is 2. The minimum atomic E-state index is -0.984. The molecule has 0 atom stereocenters. The minimum Gasteiger partial charge on any atom is -0.477 e. The van der Waals surface area contributed by atoms with Gasteiger partial charge >= 0.3 is 5.97 Å². The highest BCUT2D eigenvalue weighted by Gasteiger charge is 2.46. The average Bonchev–Trinajstić information content (AvgIpc) is 3.14. The fourth-order valence-corrected chi connectivity index (χ4v) is 4.61. The molecule has 4 rings (SSSR count). The summed E-state index contributed by atoms with van der Waals surface area (Å²) in [5, 5.41) is 9.21. The number of nitrogens with one attached hydrogen (secondary N) is 1. The van der Waals surface area contributed by atoms with Crippen molar-refractivity contribution in [1.29, 1.82) is 0 Å². The van der Waals surface area contributed by atoms with Crippen LogP contribution in [0.5, 0.6) is 0 Å². The monoisotopic (exact) mass is 369 g/mol. The third-order valence-electron chi connectivity index (χ3n) is 5.85. The van der Waals surface area contributed by atoms with Gasteiger partial charge in [-0.3, -0.25) is 4.90 Å². The first kappa shape index (κ1) is 18.0. The second-order valence-corrected chi connectivity index (χ2v) is 8.02. The Balaban J connectivity index is 1.59. The van der Waals surface area contributed by atoms with Gasteiger partial charge < -0.3 is 15.0 Å². The zero-order valence-electron chi connectivity index (χ0n) is 16.0. The topological polar surface area (TPSA) is 85.4 Å². The maximum atomic E-state index is 11.2. The Labute approximate surface area is 159 Å². The Morgan fingerprint density at radius 3 is 2.78 bits per heavy atom. The predicted octanol–water partition coefficient (Wildman–Crippen LogP) is 2.51. The van der Waals surface area contributed by atoms with Crippen LogP contribution >= 0.6 is 0 Å². The standard InChI is InChI=1S/C20H27N5O2/c1-14(2)12-25-9-6-15-18(22-13-21-15)20(25)7-10-24(11-8-20)17-5-3-4-16(23-17)19(26)27/h3-5,13-14H,6-12H2,1-2H3,(H,21,22)(H,26,27). The highest BCUT2D eigenvalue weighted by atomic mass is 16.4. The predicted molar refractivity (Wildman–Crippen MR) is 103 cm³/mol. The lowest BCUT2D eigenvalue weighted by molar-refractivity contribution is 0.0341. The van der Waals surface area contributed by atoms with Gasteiger partial charge in [-0.1, -0.05) is 19.9 Å². The van der Waals surface area contributed by atoms with Crippen LogP contribution in [-0.4, -0.2) is 57.1 Å². The molecule has 2 aliphatic rings. The highest BCUT2D eigenvalue weighted by Crippen LogP contribution is 2.43. The number of H-pyrrole nitrogens is 1. The van der Waals surface area contributed by atoms with E-state index in [0.29, 0.717) is 5.92 Å². The van der Waals surface area contributed by atoms with Crippen molar-refractivity contribution in [2.75, 3.05) is 31.1 Å². The number of piperidine rings is 1. The van der Waals surface area contributed by atoms with E-state index in [1.807, 2.05) is 12.4 Å². The van der Waals surface area contributed by atoms with Crippen LogP contribution in [0.25, 0.3) is 0 Å². The van der Waals surface area contributed by atoms with Crippen LogP contribution in [0.3, 0.4) is 0 Å². The van der Waals surface area contributed by atoms with Gasteiger partial charge in [0.2, 0.25) is 0 Å². The lowest BCUT2D eigenvalue weighted by atomic mass is 9.78. The zero-order chi connectivity index (χ0) is 19.0. The van der Waals surface area contributed by atoms with Crippen molar-refractivity contribution in [1.82, 2.24) is 19.9 Å². The molecule has 7 heteroatoms. The fourth-order valence-electron chi connectivity index (χ4n) is 4.61. The summed E-state index contributed by atoms with van der Waals surface area (Å²) in [6.45, 7) is 8.35. The van der Waals surface area contributed by atoms with Gasteiger partial charge in [0.15, 0.2) is 5.69 Å². The molecule has 2 aromatic rings. The molecule has 0 aromatic carbocycles. The first-order valence-electron chi connectivity index (χ1n) is 9.73. The first-order chi connectivity index (χ1) is 13.0. The number of imidazole rings is 1. The Hall–Kier alpha value is -2.41. The molecule has 1 spiro atoms. The number of aromatic nitrogens is 3. The van der Waals surface area contributed by atoms with E-state index in [-0.39, 0.29) is 11.2 Å². The zero-order valence-corrected chi connectivity index (χ0v) is 16.0. The number of hydrogen-bond donors (Lipinski definition) is 2. The Morgan fingerprint density at radius 1 is 1.30 bits per heavy atom. The van der Waals surface area contributed by atoms with Crippen molar-refractivity contribution < 1.29 is 9.90 Å². The molecule has 7 nitrogen and oxygen atoms in total. The van der Waals surface area contributed by atoms with Crippen LogP contribution in [0.2, 0.25) is 0 Å². The Morgan fingerprint density at radius 2 is 2.07 bits per heavy atom. The highest BCUT2D eigenvalue weighted by molar-refractivity contribution is 5.85. The average molecular weight is 369 g/mol. The lowest BCUT2D eigenvalue weighted by Gasteiger charge is -2.51. The fraction of sp³-hybridized carbons (Fsp3) is 0.550. The molecular formula is C20H27N5O2. The molecule has 0 unspecified atom stereocenters. The van der Waals surface area contributed by atoms with Crippen molar-refractivity contribution >= 4 is 11.8 Å². The van der Waals surface area contributed by atoms with Gasteiger partial charge in [-0.05, 0) is 30.9 Å². The van der Waals surface area contributed by atoms with E-state index in [1.54, 1.807) is 12.1 Å². The van der Waals surface area contributed by atoms with Crippen molar-refractivity contribution in [3.63, 3.8) is 0 Å². The number of aromatic amines is 1. The van der Waals surface area contributed by atoms with Crippen LogP contribution < -0.4 is 4.90 Å². The van der Waals surface area contributed by atoms with Crippen molar-refractivity contribution in [2.24, 2.45) is 5.92 Å². The summed E-state index contributed by atoms with van der Waals surface area (Å²) in [5.41, 5.74) is 2.55. The van der Waals surface area contributed by atoms with Crippen molar-refractivity contribution in [3.05, 3.63) is 41.6 Å². The number of carboxylic acids is 1. The summed E-state index contributed by atoms with van der Waals surface area (Å²) >= 11 is 0. The molecule has 0 saturated carbocycles. The number of pyridine rings is 1. The second-order valence-electron chi connectivity index (χ2n) is 8.02. The quantitative estimate of drug-likeness (QED) is 0.861. The number of carbonyl (C=O) groups is 1. The van der Waals surface area contributed by atoms with E-state index < -0.39 is 5.97 Å². The minimum absolute atomic E-state index is 0.0290. The third kappa shape index (κ3) is 3.20. The van der Waals surface area contributed by atoms with Gasteiger partial charge in [-0.25, -0.2) is 14.8 Å². The number of carboxylic acid groups (broad SMARTS) is 1. The second kappa shape index (κ2) is 6.96. The van der Waals surface area contributed by atoms with Gasteiger partial charge in [-0.15, -0.1) is 0 Å². The molecule has 0 bridgehead atoms. The van der Waals surface area contributed by atoms with E-state index in [0.717, 1.165) is 51.3 Å². The van der Waals surface area contributed by atoms with Crippen molar-refractivity contribution in [2.45, 2.75) is 38.6 Å². The molecule has 1 fully saturated rings. The smallest absolute Gasteiger partial charge is 0.354 e. The number of nitrogens with zero attached hydrogens (tertiary/aromatic N) is 4. The third-order valence-corrected chi connectivity index (χ3v) is 5.85. The van der Waals surface area contributed by atoms with Gasteiger partial charge in [0, 0.05) is 38.3 Å². The van der Waals surface area contributed by atoms with Crippen LogP contribution in [-0.2, 0) is 12.0 Å². The number of anilines is 1. The van der Waals surface area contributed by atoms with E-state index in [1.165, 1.54) is 11.4 Å². The molecule has 2 aromatic heterocycles. The van der Waals surface area contributed by atoms with E-state index in [4.69, 9.17) is 4.98 Å². The number of hydrogen-bond acceptors (Lipinski definition) is 5. The molecule has 4 heterocycles. The molecule has 1 saturated heterocycles. The SMILES string of the molecule is CC(C)CN1CCc2[nH]cnc2C12CCN(c1cccc(C(=O)O)n1)CC2. The summed E-state index contributed by atoms with van der Waals surface area (Å²) in [6.07, 6.45) is 4.79. The first-order valence-corrected chi connectivity index (χ1v) is 9.73. The van der Waals surface area contributed by atoms with Gasteiger partial charge in [-0.2, -0.15) is 0 Å². The summed E-state index contributed by atoms with van der Waals surface area (Å²) in [5.74, 6) is 0.370. The molecular weight excluding hydrogens is 342 g/mol. The van der Waals surface area contributed by atoms with E-state index in [2.05, 4.69) is 33.6 Å². The molecule has 0 amide bonds. The summed E-state index contributed by atoms with van der Waals surface area (Å²) in [4.78, 5) is 28.4. The molecule has 0 aliphatic carbocycles. The number of aromatic carboxylic acids is 1. The van der Waals surface area contributed by atoms with E-state index in [9.17, 15) is 9.90 Å². The van der Waals surface area contributed by atoms with Crippen LogP contribution in [0, 0.1) is 5.92 Å². The maximum absolute atomic E-state index is 11.2. The molecule has 144 valence electrons. The van der Waals surface area contributed by atoms with Crippen molar-refractivity contribution in [3.8, 4) is 0 Å². The summed E-state index contributed by atoms with van der Waals surface area (Å²) < 4.78 is 0. The van der Waals surface area contributed by atoms with Gasteiger partial charge in [0.05, 0.1) is 17.6 Å². The Kier molecular flexibility index (Phi) is 4.63. The maximum Gasteiger partial charge on any atom is 0.354 e. The largest absolute Gasteiger partial charge is 0.477 e. The van der Waals surface area contributed by atoms with Crippen LogP contribution in [0.15, 0.2) is 24.5 Å². The molecule has 2 N–H and O–H groups in total. The molecule has 27 heavy (non-hydrogen) atoms. The molecule has 0 radical (unpaired) electrons. The molecule has 2 aliphatic heterocycles. The van der Waals surface area contributed by atoms with Gasteiger partial charge in [0.1, 0.15) is 5.82 Å². The van der Waals surface area contributed by atoms with Gasteiger partial charge in [0.25, 0.3) is 0 Å². The lowest BCUT2D eigenvalue weighted by Crippen LogP contribution is -2.57. The normalized spacial score (nSPS) is 19.4. The van der Waals surface area contributed by atoms with Crippen LogP contribution in [0.4, 0.5) is 5.82 Å². The van der Waals surface area contributed by atoms with E-state index >= 15 is 0 Å². The van der Waals surface area contributed by atoms with Crippen LogP contribution in [0.1, 0.15) is 48.6 Å². The summed E-state index contributed by atoms with van der Waals surface area (Å²) in [6, 6.07) is 5.21. The number of rotatable bonds is 4. The summed E-state index contributed by atoms with van der Waals surface area (Å²) in [7, 11) is 0.